The van der Waals surface area contributed by atoms with Gasteiger partial charge in [-0.15, -0.1) is 0 Å². The molecule has 0 aliphatic heterocycles. The molecule has 0 heterocycles. The van der Waals surface area contributed by atoms with Crippen molar-refractivity contribution in [2.45, 2.75) is 82.1 Å². The van der Waals surface area contributed by atoms with Crippen LogP contribution in [-0.2, 0) is 6.42 Å². The van der Waals surface area contributed by atoms with Gasteiger partial charge in [0.15, 0.2) is 0 Å². The standard InChI is InChI=1S/C16H18.C7H14.C2H6.CH4/c1-4-14-9-10-16(13(3)11-14)15-8-6-5-7-12(15)2;1-4-6-7(3)5-2;1-2;/h5-11H,4H2,1-3H3;6H,4-5H2,1-3H3;1-2H3;1H4/b;7-6-;;. The predicted octanol–water partition coefficient (Wildman–Crippen LogP) is 8.95. The Balaban J connectivity index is 0. The Labute approximate surface area is 164 Å². The molecule has 2 aromatic carbocycles. The molecule has 0 bridgehead atoms. The van der Waals surface area contributed by atoms with Crippen molar-refractivity contribution in [2.24, 2.45) is 0 Å². The van der Waals surface area contributed by atoms with Gasteiger partial charge in [0.25, 0.3) is 0 Å². The Morgan fingerprint density at radius 1 is 0.846 bits per heavy atom. The Kier molecular flexibility index (Phi) is 15.7. The average molecular weight is 355 g/mol. The molecule has 0 spiro atoms. The van der Waals surface area contributed by atoms with Crippen molar-refractivity contribution in [1.29, 1.82) is 0 Å². The highest BCUT2D eigenvalue weighted by Crippen LogP contribution is 2.27. The third-order valence-corrected chi connectivity index (χ3v) is 4.24. The van der Waals surface area contributed by atoms with Gasteiger partial charge in [-0.1, -0.05) is 96.2 Å². The van der Waals surface area contributed by atoms with Gasteiger partial charge >= 0.3 is 0 Å². The number of hydrogen-bond acceptors (Lipinski definition) is 0. The SMILES string of the molecule is C.CC.CC/C=C(/C)CC.CCc1ccc(-c2ccccc2C)c(C)c1. The van der Waals surface area contributed by atoms with E-state index in [0.29, 0.717) is 0 Å². The summed E-state index contributed by atoms with van der Waals surface area (Å²) in [7, 11) is 0. The quantitative estimate of drug-likeness (QED) is 0.481. The van der Waals surface area contributed by atoms with E-state index in [1.165, 1.54) is 46.2 Å². The van der Waals surface area contributed by atoms with Crippen molar-refractivity contribution in [1.82, 2.24) is 0 Å². The minimum atomic E-state index is 0. The molecule has 0 amide bonds. The fraction of sp³-hybridized carbons (Fsp3) is 0.462. The Bertz CT molecular complexity index is 632. The van der Waals surface area contributed by atoms with E-state index in [2.05, 4.69) is 90.1 Å². The largest absolute Gasteiger partial charge is 0.0859 e. The number of benzene rings is 2. The number of rotatable bonds is 4. The van der Waals surface area contributed by atoms with Crippen molar-refractivity contribution >= 4 is 0 Å². The molecule has 0 saturated carbocycles. The Hall–Kier alpha value is -1.82. The molecule has 0 aromatic heterocycles. The molecule has 0 aliphatic rings. The summed E-state index contributed by atoms with van der Waals surface area (Å²) in [5.41, 5.74) is 8.33. The summed E-state index contributed by atoms with van der Waals surface area (Å²) in [4.78, 5) is 0. The summed E-state index contributed by atoms with van der Waals surface area (Å²) in [5, 5.41) is 0. The van der Waals surface area contributed by atoms with Crippen LogP contribution in [-0.4, -0.2) is 0 Å². The van der Waals surface area contributed by atoms with Crippen LogP contribution in [0.5, 0.6) is 0 Å². The monoisotopic (exact) mass is 354 g/mol. The van der Waals surface area contributed by atoms with Gasteiger partial charge in [-0.3, -0.25) is 0 Å². The van der Waals surface area contributed by atoms with Gasteiger partial charge in [0.2, 0.25) is 0 Å². The average Bonchev–Trinajstić information content (AvgIpc) is 2.64. The van der Waals surface area contributed by atoms with E-state index in [0.717, 1.165) is 6.42 Å². The van der Waals surface area contributed by atoms with E-state index in [9.17, 15) is 0 Å². The highest BCUT2D eigenvalue weighted by molar-refractivity contribution is 5.70. The molecule has 0 N–H and O–H groups in total. The van der Waals surface area contributed by atoms with Crippen molar-refractivity contribution in [3.63, 3.8) is 0 Å². The van der Waals surface area contributed by atoms with Crippen LogP contribution < -0.4 is 0 Å². The van der Waals surface area contributed by atoms with Crippen molar-refractivity contribution in [3.8, 4) is 11.1 Å². The molecule has 0 heteroatoms. The van der Waals surface area contributed by atoms with E-state index in [1.54, 1.807) is 0 Å². The highest BCUT2D eigenvalue weighted by Gasteiger charge is 2.04. The van der Waals surface area contributed by atoms with Gasteiger partial charge in [-0.25, -0.2) is 0 Å². The summed E-state index contributed by atoms with van der Waals surface area (Å²) in [6.07, 6.45) is 5.75. The normalized spacial score (nSPS) is 9.92. The molecule has 146 valence electrons. The zero-order chi connectivity index (χ0) is 19.2. The molecule has 0 radical (unpaired) electrons. The molecule has 2 aromatic rings. The first kappa shape index (κ1) is 26.4. The summed E-state index contributed by atoms with van der Waals surface area (Å²) >= 11 is 0. The van der Waals surface area contributed by atoms with E-state index in [4.69, 9.17) is 0 Å². The third kappa shape index (κ3) is 9.04. The van der Waals surface area contributed by atoms with Gasteiger partial charge < -0.3 is 0 Å². The first-order chi connectivity index (χ1) is 12.0. The Morgan fingerprint density at radius 3 is 1.85 bits per heavy atom. The maximum Gasteiger partial charge on any atom is -0.0152 e. The van der Waals surface area contributed by atoms with E-state index in [1.807, 2.05) is 13.8 Å². The maximum absolute atomic E-state index is 2.29. The number of hydrogen-bond donors (Lipinski definition) is 0. The van der Waals surface area contributed by atoms with Gasteiger partial charge in [-0.2, -0.15) is 0 Å². The number of aryl methyl sites for hydroxylation is 3. The summed E-state index contributed by atoms with van der Waals surface area (Å²) < 4.78 is 0. The molecular weight excluding hydrogens is 312 g/mol. The second kappa shape index (κ2) is 15.4. The van der Waals surface area contributed by atoms with E-state index >= 15 is 0 Å². The van der Waals surface area contributed by atoms with Gasteiger partial charge in [0.05, 0.1) is 0 Å². The lowest BCUT2D eigenvalue weighted by atomic mass is 9.95. The summed E-state index contributed by atoms with van der Waals surface area (Å²) in [5.74, 6) is 0. The van der Waals surface area contributed by atoms with Crippen LogP contribution in [0.15, 0.2) is 54.1 Å². The van der Waals surface area contributed by atoms with Crippen LogP contribution in [0.3, 0.4) is 0 Å². The van der Waals surface area contributed by atoms with Crippen LogP contribution >= 0.6 is 0 Å². The fourth-order valence-corrected chi connectivity index (χ4v) is 2.62. The van der Waals surface area contributed by atoms with Crippen LogP contribution in [0.25, 0.3) is 11.1 Å². The molecule has 0 atom stereocenters. The molecule has 26 heavy (non-hydrogen) atoms. The molecule has 0 saturated heterocycles. The fourth-order valence-electron chi connectivity index (χ4n) is 2.62. The zero-order valence-corrected chi connectivity index (χ0v) is 17.7. The molecule has 0 unspecified atom stereocenters. The van der Waals surface area contributed by atoms with E-state index < -0.39 is 0 Å². The molecule has 2 rings (SSSR count). The minimum Gasteiger partial charge on any atom is -0.0859 e. The lowest BCUT2D eigenvalue weighted by Gasteiger charge is -2.10. The van der Waals surface area contributed by atoms with Crippen LogP contribution in [0.1, 0.15) is 78.5 Å². The molecule has 0 fully saturated rings. The van der Waals surface area contributed by atoms with Crippen LogP contribution in [0.2, 0.25) is 0 Å². The molecule has 0 nitrogen and oxygen atoms in total. The maximum atomic E-state index is 2.29. The topological polar surface area (TPSA) is 0 Å². The Morgan fingerprint density at radius 2 is 1.42 bits per heavy atom. The van der Waals surface area contributed by atoms with Crippen LogP contribution in [0.4, 0.5) is 0 Å². The van der Waals surface area contributed by atoms with Gasteiger partial charge in [-0.05, 0) is 67.9 Å². The predicted molar refractivity (Wildman–Crippen MR) is 123 cm³/mol. The molecular formula is C26H42. The van der Waals surface area contributed by atoms with E-state index in [-0.39, 0.29) is 7.43 Å². The number of allylic oxidation sites excluding steroid dienone is 2. The van der Waals surface area contributed by atoms with Gasteiger partial charge in [0.1, 0.15) is 0 Å². The minimum absolute atomic E-state index is 0. The lowest BCUT2D eigenvalue weighted by Crippen LogP contribution is -1.89. The first-order valence-electron chi connectivity index (χ1n) is 9.84. The van der Waals surface area contributed by atoms with Crippen molar-refractivity contribution in [3.05, 3.63) is 70.8 Å². The second-order valence-electron chi connectivity index (χ2n) is 6.13. The zero-order valence-electron chi connectivity index (χ0n) is 17.7. The van der Waals surface area contributed by atoms with Crippen LogP contribution in [0, 0.1) is 13.8 Å². The summed E-state index contributed by atoms with van der Waals surface area (Å²) in [6, 6.07) is 15.3. The third-order valence-electron chi connectivity index (χ3n) is 4.24. The van der Waals surface area contributed by atoms with Crippen molar-refractivity contribution < 1.29 is 0 Å². The lowest BCUT2D eigenvalue weighted by molar-refractivity contribution is 1.06. The van der Waals surface area contributed by atoms with Crippen molar-refractivity contribution in [2.75, 3.05) is 0 Å². The second-order valence-corrected chi connectivity index (χ2v) is 6.13. The smallest absolute Gasteiger partial charge is 0.0152 e. The van der Waals surface area contributed by atoms with Gasteiger partial charge in [0, 0.05) is 0 Å². The highest BCUT2D eigenvalue weighted by atomic mass is 14.1. The molecule has 0 aliphatic carbocycles. The first-order valence-corrected chi connectivity index (χ1v) is 9.84. The summed E-state index contributed by atoms with van der Waals surface area (Å²) in [6.45, 7) is 17.1.